The predicted molar refractivity (Wildman–Crippen MR) is 68.0 cm³/mol. The van der Waals surface area contributed by atoms with Crippen LogP contribution in [0.1, 0.15) is 53.2 Å². The molecule has 82 valence electrons. The molecule has 0 nitrogen and oxygen atoms in total. The Kier molecular flexibility index (Phi) is 7.44. The molecule has 0 N–H and O–H groups in total. The van der Waals surface area contributed by atoms with Gasteiger partial charge in [0.25, 0.3) is 0 Å². The van der Waals surface area contributed by atoms with E-state index in [1.807, 2.05) is 13.8 Å². The largest absolute Gasteiger partial charge is 0.0776 e. The second-order valence-electron chi connectivity index (χ2n) is 4.12. The lowest BCUT2D eigenvalue weighted by Gasteiger charge is -2.19. The van der Waals surface area contributed by atoms with Crippen LogP contribution >= 0.6 is 0 Å². The lowest BCUT2D eigenvalue weighted by molar-refractivity contribution is 0.590. The summed E-state index contributed by atoms with van der Waals surface area (Å²) in [5.41, 5.74) is 3.04. The Bertz CT molecular complexity index is 240. The van der Waals surface area contributed by atoms with Crippen LogP contribution < -0.4 is 0 Å². The van der Waals surface area contributed by atoms with Crippen molar-refractivity contribution in [1.82, 2.24) is 0 Å². The summed E-state index contributed by atoms with van der Waals surface area (Å²) in [4.78, 5) is 0. The lowest BCUT2D eigenvalue weighted by atomic mass is 9.86. The summed E-state index contributed by atoms with van der Waals surface area (Å²) in [6.07, 6.45) is 0. The number of hydrogen-bond donors (Lipinski definition) is 0. The van der Waals surface area contributed by atoms with E-state index in [1.54, 1.807) is 0 Å². The van der Waals surface area contributed by atoms with Gasteiger partial charge < -0.3 is 0 Å². The van der Waals surface area contributed by atoms with Crippen molar-refractivity contribution in [3.63, 3.8) is 0 Å². The van der Waals surface area contributed by atoms with Gasteiger partial charge in [-0.25, -0.2) is 0 Å². The number of aryl methyl sites for hydroxylation is 1. The minimum atomic E-state index is 0. The maximum Gasteiger partial charge on any atom is -0.0132 e. The van der Waals surface area contributed by atoms with E-state index < -0.39 is 0 Å². The standard InChI is InChI=1S/C11H16.C2H6.CH4/c1-9-6-5-7-10(8-9)11(2,3)4;1-2;/h5-8H,1-4H3;1-2H3;1H4. The molecule has 0 atom stereocenters. The number of hydrogen-bond acceptors (Lipinski definition) is 0. The van der Waals surface area contributed by atoms with Gasteiger partial charge in [0.1, 0.15) is 0 Å². The molecule has 0 spiro atoms. The van der Waals surface area contributed by atoms with Crippen molar-refractivity contribution < 1.29 is 0 Å². The van der Waals surface area contributed by atoms with E-state index in [9.17, 15) is 0 Å². The molecule has 0 saturated heterocycles. The second kappa shape index (κ2) is 6.64. The van der Waals surface area contributed by atoms with Gasteiger partial charge in [0.2, 0.25) is 0 Å². The highest BCUT2D eigenvalue weighted by atomic mass is 14.2. The molecule has 0 aromatic heterocycles. The average Bonchev–Trinajstić information content (AvgIpc) is 2.06. The van der Waals surface area contributed by atoms with Gasteiger partial charge in [0.15, 0.2) is 0 Å². The molecular formula is C14H26. The molecule has 0 fully saturated rings. The highest BCUT2D eigenvalue weighted by Gasteiger charge is 2.12. The highest BCUT2D eigenvalue weighted by Crippen LogP contribution is 2.22. The molecule has 1 aromatic carbocycles. The molecule has 0 saturated carbocycles. The summed E-state index contributed by atoms with van der Waals surface area (Å²) >= 11 is 0. The third-order valence-electron chi connectivity index (χ3n) is 1.88. The predicted octanol–water partition coefficient (Wildman–Crippen LogP) is 4.95. The number of benzene rings is 1. The molecule has 0 aliphatic carbocycles. The van der Waals surface area contributed by atoms with E-state index >= 15 is 0 Å². The fourth-order valence-electron chi connectivity index (χ4n) is 1.11. The topological polar surface area (TPSA) is 0 Å². The summed E-state index contributed by atoms with van der Waals surface area (Å²) in [6.45, 7) is 12.8. The van der Waals surface area contributed by atoms with Gasteiger partial charge in [-0.05, 0) is 17.9 Å². The minimum absolute atomic E-state index is 0. The van der Waals surface area contributed by atoms with Crippen LogP contribution in [0.2, 0.25) is 0 Å². The van der Waals surface area contributed by atoms with Crippen LogP contribution in [0.4, 0.5) is 0 Å². The van der Waals surface area contributed by atoms with Gasteiger partial charge in [-0.1, -0.05) is 71.9 Å². The molecular weight excluding hydrogens is 168 g/mol. The van der Waals surface area contributed by atoms with Gasteiger partial charge >= 0.3 is 0 Å². The van der Waals surface area contributed by atoms with Crippen LogP contribution in [0.5, 0.6) is 0 Å². The van der Waals surface area contributed by atoms with Crippen molar-refractivity contribution in [3.8, 4) is 0 Å². The molecule has 1 rings (SSSR count). The molecule has 0 aliphatic rings. The molecule has 0 heterocycles. The Hall–Kier alpha value is -0.780. The Balaban J connectivity index is 0. The molecule has 0 unspecified atom stereocenters. The van der Waals surface area contributed by atoms with Crippen molar-refractivity contribution in [2.45, 2.75) is 54.4 Å². The zero-order valence-electron chi connectivity index (χ0n) is 9.81. The first-order valence-corrected chi connectivity index (χ1v) is 5.07. The van der Waals surface area contributed by atoms with Crippen LogP contribution in [-0.4, -0.2) is 0 Å². The van der Waals surface area contributed by atoms with E-state index in [0.29, 0.717) is 0 Å². The first kappa shape index (κ1) is 15.7. The van der Waals surface area contributed by atoms with Crippen molar-refractivity contribution in [3.05, 3.63) is 35.4 Å². The molecule has 0 bridgehead atoms. The zero-order valence-corrected chi connectivity index (χ0v) is 9.81. The Morgan fingerprint density at radius 1 is 1.00 bits per heavy atom. The van der Waals surface area contributed by atoms with E-state index in [-0.39, 0.29) is 12.8 Å². The fourth-order valence-corrected chi connectivity index (χ4v) is 1.11. The number of rotatable bonds is 0. The first-order valence-electron chi connectivity index (χ1n) is 5.07. The monoisotopic (exact) mass is 194 g/mol. The fraction of sp³-hybridized carbons (Fsp3) is 0.571. The summed E-state index contributed by atoms with van der Waals surface area (Å²) in [5.74, 6) is 0. The first-order chi connectivity index (χ1) is 6.00. The Morgan fingerprint density at radius 3 is 1.79 bits per heavy atom. The van der Waals surface area contributed by atoms with Crippen LogP contribution in [0.25, 0.3) is 0 Å². The maximum absolute atomic E-state index is 2.25. The summed E-state index contributed by atoms with van der Waals surface area (Å²) in [7, 11) is 0. The highest BCUT2D eigenvalue weighted by molar-refractivity contribution is 5.27. The van der Waals surface area contributed by atoms with Gasteiger partial charge in [0, 0.05) is 0 Å². The van der Waals surface area contributed by atoms with Crippen LogP contribution in [-0.2, 0) is 5.41 Å². The SMILES string of the molecule is C.CC.Cc1cccc(C(C)(C)C)c1. The van der Waals surface area contributed by atoms with Gasteiger partial charge in [0.05, 0.1) is 0 Å². The minimum Gasteiger partial charge on any atom is -0.0776 e. The third-order valence-corrected chi connectivity index (χ3v) is 1.88. The molecule has 0 heteroatoms. The van der Waals surface area contributed by atoms with Crippen molar-refractivity contribution in [1.29, 1.82) is 0 Å². The summed E-state index contributed by atoms with van der Waals surface area (Å²) in [5, 5.41) is 0. The van der Waals surface area contributed by atoms with Crippen molar-refractivity contribution >= 4 is 0 Å². The van der Waals surface area contributed by atoms with Gasteiger partial charge in [-0.15, -0.1) is 0 Å². The molecule has 14 heavy (non-hydrogen) atoms. The summed E-state index contributed by atoms with van der Waals surface area (Å²) < 4.78 is 0. The molecule has 1 aromatic rings. The van der Waals surface area contributed by atoms with E-state index in [2.05, 4.69) is 52.0 Å². The van der Waals surface area contributed by atoms with Gasteiger partial charge in [-0.2, -0.15) is 0 Å². The van der Waals surface area contributed by atoms with Crippen molar-refractivity contribution in [2.24, 2.45) is 0 Å². The lowest BCUT2D eigenvalue weighted by Crippen LogP contribution is -2.10. The van der Waals surface area contributed by atoms with Crippen LogP contribution in [0.3, 0.4) is 0 Å². The second-order valence-corrected chi connectivity index (χ2v) is 4.12. The van der Waals surface area contributed by atoms with Crippen LogP contribution in [0, 0.1) is 6.92 Å². The smallest absolute Gasteiger partial charge is 0.0132 e. The Labute approximate surface area is 90.4 Å². The molecule has 0 amide bonds. The van der Waals surface area contributed by atoms with E-state index in [0.717, 1.165) is 0 Å². The van der Waals surface area contributed by atoms with Crippen molar-refractivity contribution in [2.75, 3.05) is 0 Å². The zero-order chi connectivity index (χ0) is 10.5. The molecule has 0 aliphatic heterocycles. The third kappa shape index (κ3) is 5.06. The van der Waals surface area contributed by atoms with E-state index in [4.69, 9.17) is 0 Å². The maximum atomic E-state index is 2.25. The van der Waals surface area contributed by atoms with Gasteiger partial charge in [-0.3, -0.25) is 0 Å². The van der Waals surface area contributed by atoms with Crippen LogP contribution in [0.15, 0.2) is 24.3 Å². The molecule has 0 radical (unpaired) electrons. The Morgan fingerprint density at radius 2 is 1.50 bits per heavy atom. The quantitative estimate of drug-likeness (QED) is 0.548. The average molecular weight is 194 g/mol. The summed E-state index contributed by atoms with van der Waals surface area (Å²) in [6, 6.07) is 8.69. The normalized spacial score (nSPS) is 9.57. The van der Waals surface area contributed by atoms with E-state index in [1.165, 1.54) is 11.1 Å².